The summed E-state index contributed by atoms with van der Waals surface area (Å²) in [6.45, 7) is 6.53. The van der Waals surface area contributed by atoms with Crippen LogP contribution < -0.4 is 20.5 Å². The number of hydrogen-bond donors (Lipinski definition) is 3. The van der Waals surface area contributed by atoms with Gasteiger partial charge in [-0.2, -0.15) is 0 Å². The third-order valence-corrected chi connectivity index (χ3v) is 8.51. The molecule has 47 heavy (non-hydrogen) atoms. The molecule has 0 bridgehead atoms. The van der Waals surface area contributed by atoms with E-state index in [1.54, 1.807) is 35.4 Å². The highest BCUT2D eigenvalue weighted by molar-refractivity contribution is 7.92. The number of anilines is 2. The third kappa shape index (κ3) is 10.6. The second kappa shape index (κ2) is 16.0. The quantitative estimate of drug-likeness (QED) is 0.190. The molecule has 0 saturated carbocycles. The smallest absolute Gasteiger partial charge is 0.322 e. The molecule has 14 heteroatoms. The number of nitrogens with zero attached hydrogens (tertiary/aromatic N) is 3. The van der Waals surface area contributed by atoms with Gasteiger partial charge in [-0.1, -0.05) is 25.8 Å². The van der Waals surface area contributed by atoms with E-state index >= 15 is 0 Å². The van der Waals surface area contributed by atoms with Gasteiger partial charge in [0.25, 0.3) is 0 Å². The summed E-state index contributed by atoms with van der Waals surface area (Å²) in [6, 6.07) is 9.98. The van der Waals surface area contributed by atoms with Gasteiger partial charge in [0, 0.05) is 56.2 Å². The van der Waals surface area contributed by atoms with Crippen molar-refractivity contribution in [1.29, 1.82) is 0 Å². The predicted octanol–water partition coefficient (Wildman–Crippen LogP) is 5.55. The monoisotopic (exact) mass is 672 g/mol. The molecule has 1 saturated heterocycles. The summed E-state index contributed by atoms with van der Waals surface area (Å²) in [5.41, 5.74) is 7.11. The van der Waals surface area contributed by atoms with Crippen LogP contribution in [0.1, 0.15) is 55.7 Å². The number of aryl methyl sites for hydroxylation is 1. The summed E-state index contributed by atoms with van der Waals surface area (Å²) in [5.74, 6) is -1.61. The Balaban J connectivity index is 1.34. The van der Waals surface area contributed by atoms with Crippen molar-refractivity contribution in [3.8, 4) is 11.6 Å². The standard InChI is InChI=1S/C33H42F2N6O5S/c1-4-5-6-13-41(33(43)38-29-17-24(18-31(36)42)27(34)19-28(29)35)26-11-14-40(15-12-26)21-23-7-10-32(37-20-23)46-30-9-8-25(16-22(30)2)39-47(3,44)45/h7-10,16-17,19-20,26,39H,4-6,11-15,18,21H2,1-3H3,(H2,36,42)(H,38,43). The number of piperidine rings is 1. The Morgan fingerprint density at radius 3 is 2.45 bits per heavy atom. The first-order valence-corrected chi connectivity index (χ1v) is 17.5. The highest BCUT2D eigenvalue weighted by atomic mass is 32.2. The number of nitrogens with two attached hydrogens (primary N) is 1. The predicted molar refractivity (Wildman–Crippen MR) is 177 cm³/mol. The molecule has 2 heterocycles. The van der Waals surface area contributed by atoms with Gasteiger partial charge in [0.2, 0.25) is 21.8 Å². The first kappa shape index (κ1) is 35.6. The number of benzene rings is 2. The minimum Gasteiger partial charge on any atom is -0.439 e. The molecule has 3 aromatic rings. The first-order chi connectivity index (χ1) is 22.3. The van der Waals surface area contributed by atoms with Gasteiger partial charge in [-0.25, -0.2) is 27.0 Å². The maximum Gasteiger partial charge on any atom is 0.322 e. The molecule has 0 atom stereocenters. The average Bonchev–Trinajstić information content (AvgIpc) is 2.99. The van der Waals surface area contributed by atoms with Crippen molar-refractivity contribution in [3.63, 3.8) is 0 Å². The number of pyridine rings is 1. The lowest BCUT2D eigenvalue weighted by molar-refractivity contribution is -0.117. The van der Waals surface area contributed by atoms with Crippen LogP contribution in [0.25, 0.3) is 0 Å². The number of rotatable bonds is 14. The van der Waals surface area contributed by atoms with Crippen LogP contribution in [0.3, 0.4) is 0 Å². The molecule has 0 unspecified atom stereocenters. The molecule has 1 fully saturated rings. The summed E-state index contributed by atoms with van der Waals surface area (Å²) in [7, 11) is -3.38. The SMILES string of the molecule is CCCCCN(C(=O)Nc1cc(CC(N)=O)c(F)cc1F)C1CCN(Cc2ccc(Oc3ccc(NS(C)(=O)=O)cc3C)nc2)CC1. The van der Waals surface area contributed by atoms with Crippen molar-refractivity contribution >= 4 is 33.3 Å². The van der Waals surface area contributed by atoms with Crippen LogP contribution in [0.5, 0.6) is 11.6 Å². The average molecular weight is 673 g/mol. The Kier molecular flexibility index (Phi) is 12.1. The van der Waals surface area contributed by atoms with Gasteiger partial charge in [-0.3, -0.25) is 14.4 Å². The van der Waals surface area contributed by atoms with Gasteiger partial charge in [0.1, 0.15) is 17.4 Å². The second-order valence-corrected chi connectivity index (χ2v) is 13.6. The molecule has 0 spiro atoms. The van der Waals surface area contributed by atoms with Crippen LogP contribution in [-0.2, 0) is 27.8 Å². The minimum absolute atomic E-state index is 0.0622. The number of aromatic nitrogens is 1. The Morgan fingerprint density at radius 2 is 1.83 bits per heavy atom. The molecule has 2 aromatic carbocycles. The Bertz CT molecular complexity index is 1660. The van der Waals surface area contributed by atoms with Crippen LogP contribution >= 0.6 is 0 Å². The van der Waals surface area contributed by atoms with E-state index in [-0.39, 0.29) is 17.3 Å². The van der Waals surface area contributed by atoms with Crippen molar-refractivity contribution in [2.75, 3.05) is 35.9 Å². The van der Waals surface area contributed by atoms with Crippen LogP contribution in [0.4, 0.5) is 25.0 Å². The zero-order chi connectivity index (χ0) is 34.1. The van der Waals surface area contributed by atoms with Gasteiger partial charge >= 0.3 is 6.03 Å². The molecule has 0 aliphatic carbocycles. The summed E-state index contributed by atoms with van der Waals surface area (Å²) in [5, 5.41) is 2.60. The maximum atomic E-state index is 14.6. The zero-order valence-corrected chi connectivity index (χ0v) is 27.7. The fourth-order valence-corrected chi connectivity index (χ4v) is 6.10. The molecule has 3 amide bonds. The van der Waals surface area contributed by atoms with E-state index in [0.717, 1.165) is 68.6 Å². The van der Waals surface area contributed by atoms with Crippen molar-refractivity contribution in [1.82, 2.24) is 14.8 Å². The summed E-state index contributed by atoms with van der Waals surface area (Å²) < 4.78 is 60.1. The van der Waals surface area contributed by atoms with Gasteiger partial charge in [-0.15, -0.1) is 0 Å². The first-order valence-electron chi connectivity index (χ1n) is 15.6. The Labute approximate surface area is 274 Å². The van der Waals surface area contributed by atoms with E-state index in [2.05, 4.69) is 26.8 Å². The van der Waals surface area contributed by atoms with Crippen LogP contribution in [-0.4, -0.2) is 67.1 Å². The summed E-state index contributed by atoms with van der Waals surface area (Å²) in [4.78, 5) is 33.2. The summed E-state index contributed by atoms with van der Waals surface area (Å²) >= 11 is 0. The van der Waals surface area contributed by atoms with E-state index < -0.39 is 40.0 Å². The largest absolute Gasteiger partial charge is 0.439 e. The number of unbranched alkanes of at least 4 members (excludes halogenated alkanes) is 2. The van der Waals surface area contributed by atoms with Crippen molar-refractivity contribution in [2.45, 2.75) is 65.0 Å². The fourth-order valence-electron chi connectivity index (χ4n) is 5.55. The number of likely N-dealkylation sites (tertiary alicyclic amines) is 1. The normalized spacial score (nSPS) is 14.1. The maximum absolute atomic E-state index is 14.6. The lowest BCUT2D eigenvalue weighted by Crippen LogP contribution is -2.49. The molecule has 1 aliphatic heterocycles. The van der Waals surface area contributed by atoms with E-state index in [1.165, 1.54) is 0 Å². The minimum atomic E-state index is -3.38. The van der Waals surface area contributed by atoms with Crippen LogP contribution in [0, 0.1) is 18.6 Å². The van der Waals surface area contributed by atoms with Crippen molar-refractivity contribution in [2.24, 2.45) is 5.73 Å². The number of ether oxygens (including phenoxy) is 1. The Hall–Kier alpha value is -4.30. The molecule has 254 valence electrons. The number of hydrogen-bond acceptors (Lipinski definition) is 7. The third-order valence-electron chi connectivity index (χ3n) is 7.90. The van der Waals surface area contributed by atoms with Gasteiger partial charge in [0.05, 0.1) is 18.4 Å². The van der Waals surface area contributed by atoms with E-state index in [9.17, 15) is 26.8 Å². The topological polar surface area (TPSA) is 147 Å². The number of urea groups is 1. The van der Waals surface area contributed by atoms with Crippen LogP contribution in [0.15, 0.2) is 48.7 Å². The van der Waals surface area contributed by atoms with Crippen molar-refractivity contribution in [3.05, 3.63) is 77.0 Å². The van der Waals surface area contributed by atoms with E-state index in [1.807, 2.05) is 13.0 Å². The van der Waals surface area contributed by atoms with Gasteiger partial charge in [-0.05, 0) is 67.1 Å². The van der Waals surface area contributed by atoms with Gasteiger partial charge in [0.15, 0.2) is 0 Å². The Morgan fingerprint density at radius 1 is 1.09 bits per heavy atom. The summed E-state index contributed by atoms with van der Waals surface area (Å²) in [6.07, 6.45) is 6.59. The second-order valence-electron chi connectivity index (χ2n) is 11.9. The zero-order valence-electron chi connectivity index (χ0n) is 26.9. The van der Waals surface area contributed by atoms with Crippen molar-refractivity contribution < 1.29 is 31.5 Å². The molecule has 4 N–H and O–H groups in total. The number of carbonyl (C=O) groups is 2. The molecule has 0 radical (unpaired) electrons. The molecular weight excluding hydrogens is 630 g/mol. The highest BCUT2D eigenvalue weighted by Crippen LogP contribution is 2.28. The van der Waals surface area contributed by atoms with E-state index in [0.29, 0.717) is 36.5 Å². The number of halogens is 2. The number of amides is 3. The lowest BCUT2D eigenvalue weighted by Gasteiger charge is -2.38. The number of nitrogens with one attached hydrogen (secondary N) is 2. The highest BCUT2D eigenvalue weighted by Gasteiger charge is 2.28. The molecule has 1 aromatic heterocycles. The fraction of sp³-hybridized carbons (Fsp3) is 0.424. The number of carbonyl (C=O) groups excluding carboxylic acids is 2. The molecule has 4 rings (SSSR count). The molecule has 11 nitrogen and oxygen atoms in total. The number of sulfonamides is 1. The molecular formula is C33H42F2N6O5S. The number of primary amides is 1. The van der Waals surface area contributed by atoms with Gasteiger partial charge < -0.3 is 20.7 Å². The molecule has 1 aliphatic rings. The van der Waals surface area contributed by atoms with E-state index in [4.69, 9.17) is 10.5 Å². The lowest BCUT2D eigenvalue weighted by atomic mass is 10.0. The van der Waals surface area contributed by atoms with Crippen LogP contribution in [0.2, 0.25) is 0 Å².